The Bertz CT molecular complexity index is 318. The van der Waals surface area contributed by atoms with Crippen LogP contribution in [-0.2, 0) is 6.42 Å². The van der Waals surface area contributed by atoms with Gasteiger partial charge < -0.3 is 5.73 Å². The average molecular weight is 145 g/mol. The normalized spacial score (nSPS) is 38.1. The van der Waals surface area contributed by atoms with Crippen LogP contribution >= 0.6 is 0 Å². The van der Waals surface area contributed by atoms with Crippen molar-refractivity contribution in [2.75, 3.05) is 0 Å². The third-order valence-corrected chi connectivity index (χ3v) is 3.07. The van der Waals surface area contributed by atoms with Gasteiger partial charge in [0.05, 0.1) is 0 Å². The molecule has 0 heterocycles. The first-order chi connectivity index (χ1) is 5.30. The van der Waals surface area contributed by atoms with Gasteiger partial charge in [-0.2, -0.15) is 0 Å². The van der Waals surface area contributed by atoms with Crippen LogP contribution in [0.2, 0.25) is 0 Å². The minimum absolute atomic E-state index is 0.170. The summed E-state index contributed by atoms with van der Waals surface area (Å²) in [5, 5.41) is 0. The number of hydrogen-bond acceptors (Lipinski definition) is 1. The van der Waals surface area contributed by atoms with Gasteiger partial charge in [0, 0.05) is 11.5 Å². The summed E-state index contributed by atoms with van der Waals surface area (Å²) in [7, 11) is 0. The molecule has 2 atom stereocenters. The maximum atomic E-state index is 6.10. The van der Waals surface area contributed by atoms with Gasteiger partial charge in [-0.3, -0.25) is 0 Å². The van der Waals surface area contributed by atoms with Crippen molar-refractivity contribution in [3.05, 3.63) is 35.4 Å². The molecule has 3 rings (SSSR count). The van der Waals surface area contributed by atoms with Crippen molar-refractivity contribution < 1.29 is 0 Å². The minimum atomic E-state index is 0.170. The zero-order valence-electron chi connectivity index (χ0n) is 6.38. The Morgan fingerprint density at radius 3 is 3.00 bits per heavy atom. The smallest absolute Gasteiger partial charge is 0.0272 e. The van der Waals surface area contributed by atoms with E-state index in [0.29, 0.717) is 5.92 Å². The molecule has 0 aromatic heterocycles. The second kappa shape index (κ2) is 1.51. The average Bonchev–Trinajstić information content (AvgIpc) is 2.56. The lowest BCUT2D eigenvalue weighted by molar-refractivity contribution is 0.684. The van der Waals surface area contributed by atoms with Crippen molar-refractivity contribution in [3.8, 4) is 0 Å². The number of nitrogens with two attached hydrogens (primary N) is 1. The summed E-state index contributed by atoms with van der Waals surface area (Å²) in [4.78, 5) is 0. The summed E-state index contributed by atoms with van der Waals surface area (Å²) in [5.41, 5.74) is 9.26. The first kappa shape index (κ1) is 5.78. The van der Waals surface area contributed by atoms with Gasteiger partial charge in [-0.15, -0.1) is 0 Å². The van der Waals surface area contributed by atoms with Gasteiger partial charge in [-0.25, -0.2) is 0 Å². The van der Waals surface area contributed by atoms with Crippen LogP contribution in [0.25, 0.3) is 0 Å². The van der Waals surface area contributed by atoms with Gasteiger partial charge in [-0.05, 0) is 24.0 Å². The van der Waals surface area contributed by atoms with E-state index in [9.17, 15) is 0 Å². The third-order valence-electron chi connectivity index (χ3n) is 3.07. The van der Waals surface area contributed by atoms with Gasteiger partial charge in [0.2, 0.25) is 0 Å². The second-order valence-electron chi connectivity index (χ2n) is 3.87. The van der Waals surface area contributed by atoms with Crippen molar-refractivity contribution >= 4 is 0 Å². The highest BCUT2D eigenvalue weighted by molar-refractivity contribution is 5.47. The standard InChI is InChI=1S/C10H11N/c11-10-5-7-3-1-2-4-8(7)9(10)6-10/h1-4,9H,5-6,11H2. The lowest BCUT2D eigenvalue weighted by atomic mass is 10.1. The Balaban J connectivity index is 2.18. The molecule has 2 N–H and O–H groups in total. The molecule has 1 fully saturated rings. The predicted molar refractivity (Wildman–Crippen MR) is 44.4 cm³/mol. The quantitative estimate of drug-likeness (QED) is 0.587. The van der Waals surface area contributed by atoms with Crippen molar-refractivity contribution in [2.24, 2.45) is 5.73 Å². The lowest BCUT2D eigenvalue weighted by Crippen LogP contribution is -2.22. The Kier molecular flexibility index (Phi) is 0.793. The molecule has 0 spiro atoms. The van der Waals surface area contributed by atoms with E-state index in [1.807, 2.05) is 0 Å². The van der Waals surface area contributed by atoms with Gasteiger partial charge >= 0.3 is 0 Å². The Morgan fingerprint density at radius 1 is 1.36 bits per heavy atom. The summed E-state index contributed by atoms with van der Waals surface area (Å²) in [5.74, 6) is 0.693. The first-order valence-corrected chi connectivity index (χ1v) is 4.16. The van der Waals surface area contributed by atoms with Crippen LogP contribution in [0, 0.1) is 0 Å². The molecule has 2 aliphatic rings. The third kappa shape index (κ3) is 0.596. The van der Waals surface area contributed by atoms with Crippen LogP contribution < -0.4 is 5.73 Å². The summed E-state index contributed by atoms with van der Waals surface area (Å²) in [6.07, 6.45) is 2.32. The van der Waals surface area contributed by atoms with Crippen LogP contribution in [0.3, 0.4) is 0 Å². The summed E-state index contributed by atoms with van der Waals surface area (Å²) >= 11 is 0. The van der Waals surface area contributed by atoms with E-state index < -0.39 is 0 Å². The fourth-order valence-corrected chi connectivity index (χ4v) is 2.33. The van der Waals surface area contributed by atoms with Gasteiger partial charge in [0.15, 0.2) is 0 Å². The van der Waals surface area contributed by atoms with E-state index in [0.717, 1.165) is 6.42 Å². The summed E-state index contributed by atoms with van der Waals surface area (Å²) < 4.78 is 0. The zero-order valence-corrected chi connectivity index (χ0v) is 6.38. The molecular formula is C10H11N. The molecule has 11 heavy (non-hydrogen) atoms. The molecular weight excluding hydrogens is 134 g/mol. The van der Waals surface area contributed by atoms with Gasteiger partial charge in [-0.1, -0.05) is 24.3 Å². The zero-order chi connectivity index (χ0) is 7.47. The van der Waals surface area contributed by atoms with E-state index in [4.69, 9.17) is 5.73 Å². The molecule has 0 radical (unpaired) electrons. The number of hydrogen-bond donors (Lipinski definition) is 1. The van der Waals surface area contributed by atoms with Crippen LogP contribution in [-0.4, -0.2) is 5.54 Å². The Morgan fingerprint density at radius 2 is 2.18 bits per heavy atom. The molecule has 56 valence electrons. The number of rotatable bonds is 0. The van der Waals surface area contributed by atoms with Crippen LogP contribution in [0.5, 0.6) is 0 Å². The molecule has 1 heteroatoms. The van der Waals surface area contributed by atoms with E-state index in [2.05, 4.69) is 24.3 Å². The topological polar surface area (TPSA) is 26.0 Å². The molecule has 1 nitrogen and oxygen atoms in total. The van der Waals surface area contributed by atoms with Gasteiger partial charge in [0.25, 0.3) is 0 Å². The fraction of sp³-hybridized carbons (Fsp3) is 0.400. The van der Waals surface area contributed by atoms with Crippen LogP contribution in [0.15, 0.2) is 24.3 Å². The fourth-order valence-electron chi connectivity index (χ4n) is 2.33. The molecule has 1 aromatic carbocycles. The Labute approximate surface area is 66.2 Å². The van der Waals surface area contributed by atoms with E-state index in [1.165, 1.54) is 17.5 Å². The molecule has 0 aliphatic heterocycles. The van der Waals surface area contributed by atoms with Crippen molar-refractivity contribution in [3.63, 3.8) is 0 Å². The molecule has 0 saturated heterocycles. The summed E-state index contributed by atoms with van der Waals surface area (Å²) in [6.45, 7) is 0. The highest BCUT2D eigenvalue weighted by Crippen LogP contribution is 2.57. The van der Waals surface area contributed by atoms with E-state index in [-0.39, 0.29) is 5.54 Å². The molecule has 0 bridgehead atoms. The van der Waals surface area contributed by atoms with Crippen LogP contribution in [0.1, 0.15) is 23.5 Å². The second-order valence-corrected chi connectivity index (χ2v) is 3.87. The number of benzene rings is 1. The van der Waals surface area contributed by atoms with Crippen molar-refractivity contribution in [1.29, 1.82) is 0 Å². The molecule has 2 unspecified atom stereocenters. The van der Waals surface area contributed by atoms with Crippen molar-refractivity contribution in [2.45, 2.75) is 24.3 Å². The Hall–Kier alpha value is -0.820. The monoisotopic (exact) mass is 145 g/mol. The largest absolute Gasteiger partial charge is 0.324 e. The van der Waals surface area contributed by atoms with Gasteiger partial charge in [0.1, 0.15) is 0 Å². The van der Waals surface area contributed by atoms with E-state index >= 15 is 0 Å². The highest BCUT2D eigenvalue weighted by Gasteiger charge is 2.56. The SMILES string of the molecule is NC12Cc3ccccc3C1C2. The molecule has 2 aliphatic carbocycles. The first-order valence-electron chi connectivity index (χ1n) is 4.16. The summed E-state index contributed by atoms with van der Waals surface area (Å²) in [6, 6.07) is 8.65. The predicted octanol–water partition coefficient (Wildman–Crippen LogP) is 1.43. The number of fused-ring (bicyclic) bond motifs is 3. The van der Waals surface area contributed by atoms with Crippen molar-refractivity contribution in [1.82, 2.24) is 0 Å². The maximum absolute atomic E-state index is 6.10. The maximum Gasteiger partial charge on any atom is 0.0272 e. The lowest BCUT2D eigenvalue weighted by Gasteiger charge is -2.01. The molecule has 1 saturated carbocycles. The highest BCUT2D eigenvalue weighted by atomic mass is 14.9. The van der Waals surface area contributed by atoms with E-state index in [1.54, 1.807) is 0 Å². The molecule has 1 aromatic rings. The minimum Gasteiger partial charge on any atom is -0.324 e. The molecule has 0 amide bonds. The van der Waals surface area contributed by atoms with Crippen LogP contribution in [0.4, 0.5) is 0 Å².